The van der Waals surface area contributed by atoms with Crippen molar-refractivity contribution in [3.05, 3.63) is 11.1 Å². The first-order chi connectivity index (χ1) is 8.43. The summed E-state index contributed by atoms with van der Waals surface area (Å²) in [6.45, 7) is 17.0. The van der Waals surface area contributed by atoms with E-state index in [0.717, 1.165) is 23.8 Å². The SMILES string of the molecule is CC(C)C1=C(C(C)C)C(C(C)C)C2CCCN2C1. The molecule has 0 aromatic heterocycles. The fraction of sp³-hybridized carbons (Fsp3) is 0.882. The molecule has 2 heterocycles. The Morgan fingerprint density at radius 2 is 1.67 bits per heavy atom. The van der Waals surface area contributed by atoms with E-state index in [1.165, 1.54) is 25.9 Å². The summed E-state index contributed by atoms with van der Waals surface area (Å²) in [6, 6.07) is 0.838. The number of hydrogen-bond acceptors (Lipinski definition) is 1. The first kappa shape index (κ1) is 14.1. The van der Waals surface area contributed by atoms with E-state index in [4.69, 9.17) is 0 Å². The smallest absolute Gasteiger partial charge is 0.0201 e. The van der Waals surface area contributed by atoms with Crippen molar-refractivity contribution in [2.75, 3.05) is 13.1 Å². The second-order valence-electron chi connectivity index (χ2n) is 7.24. The number of fused-ring (bicyclic) bond motifs is 1. The highest BCUT2D eigenvalue weighted by molar-refractivity contribution is 5.28. The number of rotatable bonds is 3. The molecule has 2 aliphatic heterocycles. The maximum absolute atomic E-state index is 2.77. The fourth-order valence-electron chi connectivity index (χ4n) is 4.26. The highest BCUT2D eigenvalue weighted by Crippen LogP contribution is 2.43. The molecule has 0 bridgehead atoms. The lowest BCUT2D eigenvalue weighted by Gasteiger charge is -2.44. The topological polar surface area (TPSA) is 3.24 Å². The Balaban J connectivity index is 2.44. The Hall–Kier alpha value is -0.300. The van der Waals surface area contributed by atoms with Gasteiger partial charge >= 0.3 is 0 Å². The van der Waals surface area contributed by atoms with E-state index in [0.29, 0.717) is 5.92 Å². The van der Waals surface area contributed by atoms with Gasteiger partial charge in [0.25, 0.3) is 0 Å². The van der Waals surface area contributed by atoms with Gasteiger partial charge in [-0.05, 0) is 43.1 Å². The molecule has 1 fully saturated rings. The van der Waals surface area contributed by atoms with Crippen LogP contribution in [0.1, 0.15) is 54.4 Å². The van der Waals surface area contributed by atoms with Crippen LogP contribution < -0.4 is 0 Å². The van der Waals surface area contributed by atoms with Gasteiger partial charge in [0.05, 0.1) is 0 Å². The van der Waals surface area contributed by atoms with E-state index >= 15 is 0 Å². The molecule has 2 unspecified atom stereocenters. The highest BCUT2D eigenvalue weighted by atomic mass is 15.2. The summed E-state index contributed by atoms with van der Waals surface area (Å²) in [6.07, 6.45) is 2.83. The van der Waals surface area contributed by atoms with Crippen LogP contribution >= 0.6 is 0 Å². The Labute approximate surface area is 114 Å². The third-order valence-electron chi connectivity index (χ3n) is 4.97. The van der Waals surface area contributed by atoms with Gasteiger partial charge in [0, 0.05) is 12.6 Å². The molecule has 0 aliphatic carbocycles. The van der Waals surface area contributed by atoms with Crippen molar-refractivity contribution in [1.29, 1.82) is 0 Å². The Morgan fingerprint density at radius 1 is 1.00 bits per heavy atom. The first-order valence-corrected chi connectivity index (χ1v) is 7.90. The molecule has 0 N–H and O–H groups in total. The molecule has 1 nitrogen and oxygen atoms in total. The van der Waals surface area contributed by atoms with Gasteiger partial charge in [0.15, 0.2) is 0 Å². The van der Waals surface area contributed by atoms with Crippen LogP contribution in [-0.4, -0.2) is 24.0 Å². The van der Waals surface area contributed by atoms with Crippen LogP contribution in [0.15, 0.2) is 11.1 Å². The number of nitrogens with zero attached hydrogens (tertiary/aromatic N) is 1. The lowest BCUT2D eigenvalue weighted by atomic mass is 9.71. The van der Waals surface area contributed by atoms with Crippen molar-refractivity contribution >= 4 is 0 Å². The van der Waals surface area contributed by atoms with Crippen LogP contribution in [0.2, 0.25) is 0 Å². The molecule has 1 heteroatoms. The van der Waals surface area contributed by atoms with Crippen molar-refractivity contribution in [1.82, 2.24) is 4.90 Å². The van der Waals surface area contributed by atoms with Crippen LogP contribution in [0.25, 0.3) is 0 Å². The lowest BCUT2D eigenvalue weighted by molar-refractivity contribution is 0.156. The minimum atomic E-state index is 0.713. The van der Waals surface area contributed by atoms with E-state index in [1.807, 2.05) is 5.57 Å². The van der Waals surface area contributed by atoms with Crippen molar-refractivity contribution in [2.45, 2.75) is 60.4 Å². The largest absolute Gasteiger partial charge is 0.296 e. The molecule has 0 aromatic carbocycles. The van der Waals surface area contributed by atoms with Gasteiger partial charge in [-0.3, -0.25) is 4.90 Å². The molecule has 0 amide bonds. The van der Waals surface area contributed by atoms with Crippen LogP contribution in [0.5, 0.6) is 0 Å². The summed E-state index contributed by atoms with van der Waals surface area (Å²) in [4.78, 5) is 2.77. The fourth-order valence-corrected chi connectivity index (χ4v) is 4.26. The predicted octanol–water partition coefficient (Wildman–Crippen LogP) is 4.35. The average molecular weight is 249 g/mol. The normalized spacial score (nSPS) is 29.8. The van der Waals surface area contributed by atoms with Crippen molar-refractivity contribution in [3.8, 4) is 0 Å². The summed E-state index contributed by atoms with van der Waals surface area (Å²) in [5.41, 5.74) is 3.56. The zero-order valence-corrected chi connectivity index (χ0v) is 13.2. The minimum absolute atomic E-state index is 0.713. The summed E-state index contributed by atoms with van der Waals surface area (Å²) >= 11 is 0. The Kier molecular flexibility index (Phi) is 4.21. The lowest BCUT2D eigenvalue weighted by Crippen LogP contribution is -2.46. The molecule has 18 heavy (non-hydrogen) atoms. The van der Waals surface area contributed by atoms with Crippen LogP contribution in [0.4, 0.5) is 0 Å². The summed E-state index contributed by atoms with van der Waals surface area (Å²) in [5.74, 6) is 3.02. The van der Waals surface area contributed by atoms with Gasteiger partial charge in [-0.15, -0.1) is 0 Å². The quantitative estimate of drug-likeness (QED) is 0.672. The van der Waals surface area contributed by atoms with Gasteiger partial charge < -0.3 is 0 Å². The Morgan fingerprint density at radius 3 is 2.17 bits per heavy atom. The standard InChI is InChI=1S/C17H31N/c1-11(2)14-10-18-9-7-8-15(18)17(13(5)6)16(14)12(3)4/h11-13,15,17H,7-10H2,1-6H3. The van der Waals surface area contributed by atoms with Gasteiger partial charge in [0.1, 0.15) is 0 Å². The molecule has 1 saturated heterocycles. The van der Waals surface area contributed by atoms with Crippen molar-refractivity contribution in [3.63, 3.8) is 0 Å². The second kappa shape index (κ2) is 5.36. The molecule has 2 aliphatic rings. The second-order valence-corrected chi connectivity index (χ2v) is 7.24. The molecule has 0 aromatic rings. The predicted molar refractivity (Wildman–Crippen MR) is 79.6 cm³/mol. The zero-order valence-electron chi connectivity index (χ0n) is 13.2. The third kappa shape index (κ3) is 2.39. The van der Waals surface area contributed by atoms with E-state index < -0.39 is 0 Å². The van der Waals surface area contributed by atoms with Crippen molar-refractivity contribution in [2.24, 2.45) is 23.7 Å². The highest BCUT2D eigenvalue weighted by Gasteiger charge is 2.41. The molecule has 2 atom stereocenters. The maximum atomic E-state index is 2.77. The van der Waals surface area contributed by atoms with E-state index in [-0.39, 0.29) is 0 Å². The van der Waals surface area contributed by atoms with E-state index in [9.17, 15) is 0 Å². The molecule has 0 saturated carbocycles. The molecule has 104 valence electrons. The molecule has 0 radical (unpaired) electrons. The van der Waals surface area contributed by atoms with Gasteiger partial charge in [-0.2, -0.15) is 0 Å². The summed E-state index contributed by atoms with van der Waals surface area (Å²) in [5, 5.41) is 0. The van der Waals surface area contributed by atoms with Crippen LogP contribution in [0, 0.1) is 23.7 Å². The first-order valence-electron chi connectivity index (χ1n) is 7.90. The molecular formula is C17H31N. The van der Waals surface area contributed by atoms with Crippen LogP contribution in [0.3, 0.4) is 0 Å². The molecular weight excluding hydrogens is 218 g/mol. The van der Waals surface area contributed by atoms with Gasteiger partial charge in [-0.25, -0.2) is 0 Å². The van der Waals surface area contributed by atoms with Gasteiger partial charge in [-0.1, -0.05) is 52.7 Å². The van der Waals surface area contributed by atoms with Gasteiger partial charge in [0.2, 0.25) is 0 Å². The number of hydrogen-bond donors (Lipinski definition) is 0. The monoisotopic (exact) mass is 249 g/mol. The van der Waals surface area contributed by atoms with Crippen molar-refractivity contribution < 1.29 is 0 Å². The maximum Gasteiger partial charge on any atom is 0.0201 e. The summed E-state index contributed by atoms with van der Waals surface area (Å²) < 4.78 is 0. The average Bonchev–Trinajstić information content (AvgIpc) is 2.72. The van der Waals surface area contributed by atoms with E-state index in [2.05, 4.69) is 46.4 Å². The summed E-state index contributed by atoms with van der Waals surface area (Å²) in [7, 11) is 0. The minimum Gasteiger partial charge on any atom is -0.296 e. The van der Waals surface area contributed by atoms with Crippen LogP contribution in [-0.2, 0) is 0 Å². The molecule has 0 spiro atoms. The van der Waals surface area contributed by atoms with E-state index in [1.54, 1.807) is 5.57 Å². The Bertz CT molecular complexity index is 325. The third-order valence-corrected chi connectivity index (χ3v) is 4.97. The molecule has 2 rings (SSSR count). The zero-order chi connectivity index (χ0) is 13.4.